The second-order valence-corrected chi connectivity index (χ2v) is 7.90. The van der Waals surface area contributed by atoms with E-state index >= 15 is 0 Å². The lowest BCUT2D eigenvalue weighted by Gasteiger charge is -2.19. The number of aryl methyl sites for hydroxylation is 1. The smallest absolute Gasteiger partial charge is 0.310 e. The van der Waals surface area contributed by atoms with E-state index < -0.39 is 26.8 Å². The van der Waals surface area contributed by atoms with Crippen molar-refractivity contribution in [3.63, 3.8) is 0 Å². The van der Waals surface area contributed by atoms with Crippen LogP contribution in [-0.2, 0) is 20.0 Å². The van der Waals surface area contributed by atoms with Crippen molar-refractivity contribution in [2.24, 2.45) is 5.92 Å². The summed E-state index contributed by atoms with van der Waals surface area (Å²) in [5, 5.41) is 0. The average molecular weight is 357 g/mol. The maximum atomic E-state index is 12.6. The van der Waals surface area contributed by atoms with E-state index in [1.165, 1.54) is 17.9 Å². The Kier molecular flexibility index (Phi) is 4.40. The van der Waals surface area contributed by atoms with Gasteiger partial charge < -0.3 is 4.90 Å². The summed E-state index contributed by atoms with van der Waals surface area (Å²) in [4.78, 5) is 16.6. The summed E-state index contributed by atoms with van der Waals surface area (Å²) in [6, 6.07) is 1.96. The molecule has 22 heavy (non-hydrogen) atoms. The van der Waals surface area contributed by atoms with Crippen LogP contribution in [0, 0.1) is 12.8 Å². The Hall–Kier alpha value is -1.35. The molecule has 1 atom stereocenters. The Labute approximate surface area is 129 Å². The number of rotatable bonds is 3. The summed E-state index contributed by atoms with van der Waals surface area (Å²) < 4.78 is 59.8. The largest absolute Gasteiger partial charge is 0.433 e. The van der Waals surface area contributed by atoms with Crippen molar-refractivity contribution >= 4 is 31.3 Å². The molecule has 2 heterocycles. The van der Waals surface area contributed by atoms with Crippen LogP contribution in [-0.4, -0.2) is 31.6 Å². The summed E-state index contributed by atoms with van der Waals surface area (Å²) in [5.41, 5.74) is -0.745. The van der Waals surface area contributed by atoms with Crippen molar-refractivity contribution in [3.05, 3.63) is 23.5 Å². The van der Waals surface area contributed by atoms with E-state index in [9.17, 15) is 26.4 Å². The Morgan fingerprint density at radius 2 is 2.05 bits per heavy atom. The summed E-state index contributed by atoms with van der Waals surface area (Å²) in [5.74, 6) is -1.21. The van der Waals surface area contributed by atoms with Crippen LogP contribution in [0.3, 0.4) is 0 Å². The average Bonchev–Trinajstić information content (AvgIpc) is 2.66. The third kappa shape index (κ3) is 3.89. The normalized spacial score (nSPS) is 19.8. The van der Waals surface area contributed by atoms with Gasteiger partial charge in [-0.25, -0.2) is 13.4 Å². The quantitative estimate of drug-likeness (QED) is 0.780. The Balaban J connectivity index is 2.24. The van der Waals surface area contributed by atoms with E-state index in [1.54, 1.807) is 0 Å². The number of amides is 1. The Morgan fingerprint density at radius 3 is 2.55 bits per heavy atom. The SMILES string of the molecule is Cc1nc(C(F)(F)F)ccc1N1CC(CS(=O)(=O)Cl)CC1=O. The first kappa shape index (κ1) is 17.0. The van der Waals surface area contributed by atoms with E-state index in [-0.39, 0.29) is 36.0 Å². The number of nitrogens with zero attached hydrogens (tertiary/aromatic N) is 2. The number of carbonyl (C=O) groups excluding carboxylic acids is 1. The molecule has 1 amide bonds. The summed E-state index contributed by atoms with van der Waals surface area (Å²) in [6.45, 7) is 1.45. The molecule has 0 N–H and O–H groups in total. The van der Waals surface area contributed by atoms with Gasteiger partial charge >= 0.3 is 6.18 Å². The lowest BCUT2D eigenvalue weighted by Crippen LogP contribution is -2.26. The van der Waals surface area contributed by atoms with Crippen molar-refractivity contribution in [2.45, 2.75) is 19.5 Å². The molecule has 0 aromatic carbocycles. The molecule has 0 saturated carbocycles. The summed E-state index contributed by atoms with van der Waals surface area (Å²) in [6.07, 6.45) is -4.58. The first-order valence-electron chi connectivity index (χ1n) is 6.25. The van der Waals surface area contributed by atoms with Crippen LogP contribution >= 0.6 is 10.7 Å². The monoisotopic (exact) mass is 356 g/mol. The minimum Gasteiger partial charge on any atom is -0.310 e. The minimum absolute atomic E-state index is 0.0214. The second-order valence-electron chi connectivity index (χ2n) is 5.08. The maximum Gasteiger partial charge on any atom is 0.433 e. The summed E-state index contributed by atoms with van der Waals surface area (Å²) >= 11 is 0. The predicted molar refractivity (Wildman–Crippen MR) is 74.1 cm³/mol. The fraction of sp³-hybridized carbons (Fsp3) is 0.500. The number of alkyl halides is 3. The number of anilines is 1. The van der Waals surface area contributed by atoms with Crippen molar-refractivity contribution in [3.8, 4) is 0 Å². The number of aromatic nitrogens is 1. The van der Waals surface area contributed by atoms with E-state index in [0.717, 1.165) is 6.07 Å². The van der Waals surface area contributed by atoms with Crippen LogP contribution in [0.4, 0.5) is 18.9 Å². The molecule has 122 valence electrons. The molecule has 0 aliphatic carbocycles. The predicted octanol–water partition coefficient (Wildman–Crippen LogP) is 2.33. The molecule has 0 bridgehead atoms. The van der Waals surface area contributed by atoms with Crippen LogP contribution in [0.2, 0.25) is 0 Å². The fourth-order valence-electron chi connectivity index (χ4n) is 2.40. The molecule has 0 spiro atoms. The molecule has 1 unspecified atom stereocenters. The zero-order valence-corrected chi connectivity index (χ0v) is 13.0. The highest BCUT2D eigenvalue weighted by atomic mass is 35.7. The van der Waals surface area contributed by atoms with Gasteiger partial charge in [-0.2, -0.15) is 13.2 Å². The van der Waals surface area contributed by atoms with Gasteiger partial charge in [0.1, 0.15) is 5.69 Å². The third-order valence-electron chi connectivity index (χ3n) is 3.28. The van der Waals surface area contributed by atoms with Crippen molar-refractivity contribution in [1.29, 1.82) is 0 Å². The molecule has 1 aromatic heterocycles. The van der Waals surface area contributed by atoms with Gasteiger partial charge in [0.15, 0.2) is 0 Å². The highest BCUT2D eigenvalue weighted by Crippen LogP contribution is 2.32. The van der Waals surface area contributed by atoms with Crippen LogP contribution in [0.1, 0.15) is 17.8 Å². The van der Waals surface area contributed by atoms with Gasteiger partial charge in [0.2, 0.25) is 15.0 Å². The minimum atomic E-state index is -4.56. The molecule has 1 aliphatic heterocycles. The van der Waals surface area contributed by atoms with Gasteiger partial charge in [0, 0.05) is 29.6 Å². The van der Waals surface area contributed by atoms with Crippen molar-refractivity contribution < 1.29 is 26.4 Å². The third-order valence-corrected chi connectivity index (χ3v) is 4.53. The van der Waals surface area contributed by atoms with Gasteiger partial charge in [0.25, 0.3) is 0 Å². The zero-order chi connectivity index (χ0) is 16.7. The number of halogens is 4. The highest BCUT2D eigenvalue weighted by Gasteiger charge is 2.36. The summed E-state index contributed by atoms with van der Waals surface area (Å²) in [7, 11) is 1.42. The molecule has 0 radical (unpaired) electrons. The number of hydrogen-bond acceptors (Lipinski definition) is 4. The maximum absolute atomic E-state index is 12.6. The van der Waals surface area contributed by atoms with Crippen molar-refractivity contribution in [1.82, 2.24) is 4.98 Å². The first-order chi connectivity index (χ1) is 9.97. The zero-order valence-electron chi connectivity index (χ0n) is 11.4. The first-order valence-corrected chi connectivity index (χ1v) is 8.73. The lowest BCUT2D eigenvalue weighted by molar-refractivity contribution is -0.141. The topological polar surface area (TPSA) is 67.3 Å². The van der Waals surface area contributed by atoms with Crippen LogP contribution < -0.4 is 4.90 Å². The molecule has 5 nitrogen and oxygen atoms in total. The Bertz CT molecular complexity index is 706. The standard InChI is InChI=1S/C12H12ClF3N2O3S/c1-7-9(2-3-10(17-7)12(14,15)16)18-5-8(4-11(18)19)6-22(13,20)21/h2-3,8H,4-6H2,1H3. The van der Waals surface area contributed by atoms with Gasteiger partial charge in [-0.1, -0.05) is 0 Å². The van der Waals surface area contributed by atoms with Gasteiger partial charge in [-0.05, 0) is 19.1 Å². The fourth-order valence-corrected chi connectivity index (χ4v) is 3.73. The van der Waals surface area contributed by atoms with Crippen LogP contribution in [0.5, 0.6) is 0 Å². The number of carbonyl (C=O) groups is 1. The molecule has 1 saturated heterocycles. The Morgan fingerprint density at radius 1 is 1.41 bits per heavy atom. The molecule has 1 aromatic rings. The van der Waals surface area contributed by atoms with Gasteiger partial charge in [-0.3, -0.25) is 4.79 Å². The van der Waals surface area contributed by atoms with E-state index in [1.807, 2.05) is 0 Å². The van der Waals surface area contributed by atoms with Crippen LogP contribution in [0.15, 0.2) is 12.1 Å². The van der Waals surface area contributed by atoms with Crippen molar-refractivity contribution in [2.75, 3.05) is 17.2 Å². The molecule has 1 fully saturated rings. The van der Waals surface area contributed by atoms with E-state index in [4.69, 9.17) is 10.7 Å². The van der Waals surface area contributed by atoms with E-state index in [0.29, 0.717) is 0 Å². The molecular formula is C12H12ClF3N2O3S. The molecule has 10 heteroatoms. The van der Waals surface area contributed by atoms with Gasteiger partial charge in [-0.15, -0.1) is 0 Å². The highest BCUT2D eigenvalue weighted by molar-refractivity contribution is 8.13. The molecule has 1 aliphatic rings. The lowest BCUT2D eigenvalue weighted by atomic mass is 10.1. The van der Waals surface area contributed by atoms with Crippen LogP contribution in [0.25, 0.3) is 0 Å². The molecule has 2 rings (SSSR count). The van der Waals surface area contributed by atoms with E-state index in [2.05, 4.69) is 4.98 Å². The number of hydrogen-bond donors (Lipinski definition) is 0. The number of pyridine rings is 1. The molecular weight excluding hydrogens is 345 g/mol. The van der Waals surface area contributed by atoms with Gasteiger partial charge in [0.05, 0.1) is 17.1 Å². The second kappa shape index (κ2) is 5.69.